The summed E-state index contributed by atoms with van der Waals surface area (Å²) in [5.41, 5.74) is 0. The van der Waals surface area contributed by atoms with Crippen molar-refractivity contribution in [1.29, 1.82) is 0 Å². The summed E-state index contributed by atoms with van der Waals surface area (Å²) in [5.74, 6) is 1.37. The molecule has 0 aromatic carbocycles. The Morgan fingerprint density at radius 3 is 2.87 bits per heavy atom. The molecule has 1 aliphatic heterocycles. The molecule has 3 nitrogen and oxygen atoms in total. The largest absolute Gasteiger partial charge is 0.365 e. The molecule has 1 N–H and O–H groups in total. The van der Waals surface area contributed by atoms with E-state index in [0.717, 1.165) is 12.8 Å². The SMILES string of the molecule is O=S1CCC(Nc2ncccc2F)CC1. The van der Waals surface area contributed by atoms with E-state index in [2.05, 4.69) is 10.3 Å². The van der Waals surface area contributed by atoms with Gasteiger partial charge in [-0.1, -0.05) is 0 Å². The second-order valence-corrected chi connectivity index (χ2v) is 5.30. The van der Waals surface area contributed by atoms with E-state index in [1.54, 1.807) is 12.3 Å². The number of aromatic nitrogens is 1. The number of hydrogen-bond acceptors (Lipinski definition) is 3. The topological polar surface area (TPSA) is 42.0 Å². The number of rotatable bonds is 2. The molecule has 0 bridgehead atoms. The third-order valence-electron chi connectivity index (χ3n) is 2.49. The van der Waals surface area contributed by atoms with Gasteiger partial charge in [-0.3, -0.25) is 4.21 Å². The highest BCUT2D eigenvalue weighted by Gasteiger charge is 2.18. The Balaban J connectivity index is 1.97. The minimum absolute atomic E-state index is 0.201. The first kappa shape index (κ1) is 10.5. The Labute approximate surface area is 90.6 Å². The Morgan fingerprint density at radius 1 is 1.47 bits per heavy atom. The van der Waals surface area contributed by atoms with Gasteiger partial charge in [-0.2, -0.15) is 0 Å². The first-order chi connectivity index (χ1) is 7.25. The summed E-state index contributed by atoms with van der Waals surface area (Å²) in [5, 5.41) is 3.05. The summed E-state index contributed by atoms with van der Waals surface area (Å²) in [4.78, 5) is 3.93. The maximum atomic E-state index is 13.2. The highest BCUT2D eigenvalue weighted by atomic mass is 32.2. The van der Waals surface area contributed by atoms with Crippen molar-refractivity contribution < 1.29 is 8.60 Å². The molecule has 1 fully saturated rings. The fraction of sp³-hybridized carbons (Fsp3) is 0.500. The van der Waals surface area contributed by atoms with Crippen molar-refractivity contribution in [3.63, 3.8) is 0 Å². The van der Waals surface area contributed by atoms with Crippen LogP contribution in [0.4, 0.5) is 10.2 Å². The Bertz CT molecular complexity index is 362. The Morgan fingerprint density at radius 2 is 2.20 bits per heavy atom. The van der Waals surface area contributed by atoms with Gasteiger partial charge in [-0.15, -0.1) is 0 Å². The lowest BCUT2D eigenvalue weighted by atomic mass is 10.1. The minimum Gasteiger partial charge on any atom is -0.365 e. The fourth-order valence-electron chi connectivity index (χ4n) is 1.62. The van der Waals surface area contributed by atoms with E-state index >= 15 is 0 Å². The van der Waals surface area contributed by atoms with Crippen molar-refractivity contribution >= 4 is 16.6 Å². The molecule has 0 unspecified atom stereocenters. The number of hydrogen-bond donors (Lipinski definition) is 1. The maximum Gasteiger partial charge on any atom is 0.165 e. The zero-order chi connectivity index (χ0) is 10.7. The van der Waals surface area contributed by atoms with Crippen molar-refractivity contribution in [2.24, 2.45) is 0 Å². The summed E-state index contributed by atoms with van der Waals surface area (Å²) in [6, 6.07) is 3.15. The lowest BCUT2D eigenvalue weighted by Crippen LogP contribution is -2.30. The monoisotopic (exact) mass is 228 g/mol. The van der Waals surface area contributed by atoms with Crippen LogP contribution in [0.15, 0.2) is 18.3 Å². The molecule has 0 spiro atoms. The van der Waals surface area contributed by atoms with Crippen LogP contribution < -0.4 is 5.32 Å². The van der Waals surface area contributed by atoms with Gasteiger partial charge >= 0.3 is 0 Å². The van der Waals surface area contributed by atoms with Crippen LogP contribution in [-0.4, -0.2) is 26.7 Å². The molecule has 1 aromatic rings. The molecular formula is C10H13FN2OS. The molecule has 2 heterocycles. The van der Waals surface area contributed by atoms with E-state index in [0.29, 0.717) is 17.3 Å². The van der Waals surface area contributed by atoms with E-state index in [1.165, 1.54) is 6.07 Å². The Hall–Kier alpha value is -0.970. The van der Waals surface area contributed by atoms with Crippen LogP contribution in [0, 0.1) is 5.82 Å². The fourth-order valence-corrected chi connectivity index (χ4v) is 2.92. The van der Waals surface area contributed by atoms with Crippen LogP contribution in [0.2, 0.25) is 0 Å². The van der Waals surface area contributed by atoms with Crippen molar-refractivity contribution in [2.45, 2.75) is 18.9 Å². The van der Waals surface area contributed by atoms with Crippen molar-refractivity contribution in [1.82, 2.24) is 4.98 Å². The molecule has 1 aromatic heterocycles. The zero-order valence-electron chi connectivity index (χ0n) is 8.28. The number of nitrogens with zero attached hydrogens (tertiary/aromatic N) is 1. The zero-order valence-corrected chi connectivity index (χ0v) is 9.10. The molecule has 0 aliphatic carbocycles. The van der Waals surface area contributed by atoms with E-state index in [1.807, 2.05) is 0 Å². The van der Waals surface area contributed by atoms with Gasteiger partial charge in [-0.25, -0.2) is 9.37 Å². The van der Waals surface area contributed by atoms with Gasteiger partial charge in [0.05, 0.1) is 0 Å². The van der Waals surface area contributed by atoms with Gasteiger partial charge in [0.25, 0.3) is 0 Å². The average molecular weight is 228 g/mol. The quantitative estimate of drug-likeness (QED) is 0.835. The van der Waals surface area contributed by atoms with Crippen molar-refractivity contribution in [3.05, 3.63) is 24.1 Å². The first-order valence-corrected chi connectivity index (χ1v) is 6.46. The van der Waals surface area contributed by atoms with Gasteiger partial charge in [0.15, 0.2) is 11.6 Å². The highest BCUT2D eigenvalue weighted by Crippen LogP contribution is 2.16. The molecular weight excluding hydrogens is 215 g/mol. The normalized spacial score (nSPS) is 26.2. The average Bonchev–Trinajstić information content (AvgIpc) is 2.25. The summed E-state index contributed by atoms with van der Waals surface area (Å²) in [6.07, 6.45) is 3.21. The second kappa shape index (κ2) is 4.70. The van der Waals surface area contributed by atoms with Gasteiger partial charge in [-0.05, 0) is 25.0 Å². The smallest absolute Gasteiger partial charge is 0.165 e. The lowest BCUT2D eigenvalue weighted by Gasteiger charge is -2.23. The predicted octanol–water partition coefficient (Wildman–Crippen LogP) is 1.54. The molecule has 5 heteroatoms. The van der Waals surface area contributed by atoms with Crippen LogP contribution in [0.1, 0.15) is 12.8 Å². The third kappa shape index (κ3) is 2.75. The lowest BCUT2D eigenvalue weighted by molar-refractivity contribution is 0.598. The van der Waals surface area contributed by atoms with Crippen LogP contribution in [0.25, 0.3) is 0 Å². The first-order valence-electron chi connectivity index (χ1n) is 4.98. The molecule has 1 saturated heterocycles. The highest BCUT2D eigenvalue weighted by molar-refractivity contribution is 7.85. The maximum absolute atomic E-state index is 13.2. The number of anilines is 1. The third-order valence-corrected chi connectivity index (χ3v) is 3.87. The predicted molar refractivity (Wildman–Crippen MR) is 58.7 cm³/mol. The molecule has 0 saturated carbocycles. The molecule has 0 atom stereocenters. The van der Waals surface area contributed by atoms with Crippen LogP contribution in [0.5, 0.6) is 0 Å². The molecule has 0 amide bonds. The van der Waals surface area contributed by atoms with Crippen molar-refractivity contribution in [2.75, 3.05) is 16.8 Å². The summed E-state index contributed by atoms with van der Waals surface area (Å²) in [7, 11) is -0.678. The van der Waals surface area contributed by atoms with Crippen LogP contribution in [0.3, 0.4) is 0 Å². The summed E-state index contributed by atoms with van der Waals surface area (Å²) in [6.45, 7) is 0. The summed E-state index contributed by atoms with van der Waals surface area (Å²) < 4.78 is 24.4. The molecule has 15 heavy (non-hydrogen) atoms. The minimum atomic E-state index is -0.678. The van der Waals surface area contributed by atoms with Crippen molar-refractivity contribution in [3.8, 4) is 0 Å². The Kier molecular flexibility index (Phi) is 3.30. The van der Waals surface area contributed by atoms with Gasteiger partial charge in [0.2, 0.25) is 0 Å². The van der Waals surface area contributed by atoms with E-state index in [-0.39, 0.29) is 11.9 Å². The van der Waals surface area contributed by atoms with Crippen LogP contribution >= 0.6 is 0 Å². The summed E-state index contributed by atoms with van der Waals surface area (Å²) >= 11 is 0. The second-order valence-electron chi connectivity index (χ2n) is 3.60. The molecule has 82 valence electrons. The van der Waals surface area contributed by atoms with E-state index in [9.17, 15) is 8.60 Å². The molecule has 1 aliphatic rings. The number of halogens is 1. The van der Waals surface area contributed by atoms with Gasteiger partial charge < -0.3 is 5.32 Å². The van der Waals surface area contributed by atoms with Gasteiger partial charge in [0, 0.05) is 34.5 Å². The standard InChI is InChI=1S/C10H13FN2OS/c11-9-2-1-5-12-10(9)13-8-3-6-15(14)7-4-8/h1-2,5,8H,3-4,6-7H2,(H,12,13). The molecule has 2 rings (SSSR count). The van der Waals surface area contributed by atoms with Crippen LogP contribution in [-0.2, 0) is 10.8 Å². The van der Waals surface area contributed by atoms with Gasteiger partial charge in [0.1, 0.15) is 0 Å². The van der Waals surface area contributed by atoms with E-state index in [4.69, 9.17) is 0 Å². The van der Waals surface area contributed by atoms with E-state index < -0.39 is 10.8 Å². The number of pyridine rings is 1. The molecule has 0 radical (unpaired) electrons. The number of nitrogens with one attached hydrogen (secondary N) is 1.